The molecule has 2 atom stereocenters. The molecule has 110 valence electrons. The quantitative estimate of drug-likeness (QED) is 0.859. The van der Waals surface area contributed by atoms with E-state index in [1.165, 1.54) is 38.5 Å². The topological polar surface area (TPSA) is 37.0 Å². The molecule has 0 radical (unpaired) electrons. The summed E-state index contributed by atoms with van der Waals surface area (Å²) in [7, 11) is 0. The predicted molar refractivity (Wildman–Crippen MR) is 85.1 cm³/mol. The summed E-state index contributed by atoms with van der Waals surface area (Å²) in [6.07, 6.45) is 9.86. The van der Waals surface area contributed by atoms with Gasteiger partial charge in [0, 0.05) is 12.1 Å². The molecule has 0 saturated heterocycles. The number of aromatic nitrogens is 1. The van der Waals surface area contributed by atoms with Gasteiger partial charge >= 0.3 is 0 Å². The van der Waals surface area contributed by atoms with Crippen LogP contribution < -0.4 is 10.6 Å². The van der Waals surface area contributed by atoms with Crippen molar-refractivity contribution >= 4 is 11.5 Å². The van der Waals surface area contributed by atoms with Gasteiger partial charge in [-0.1, -0.05) is 13.8 Å². The van der Waals surface area contributed by atoms with Gasteiger partial charge in [-0.25, -0.2) is 4.98 Å². The Hall–Kier alpha value is -1.25. The number of nitrogens with zero attached hydrogens (tertiary/aromatic N) is 1. The molecule has 2 fully saturated rings. The third kappa shape index (κ3) is 3.44. The first kappa shape index (κ1) is 13.7. The minimum Gasteiger partial charge on any atom is -0.381 e. The first-order valence-electron chi connectivity index (χ1n) is 8.18. The van der Waals surface area contributed by atoms with E-state index in [-0.39, 0.29) is 0 Å². The second kappa shape index (κ2) is 6.02. The predicted octanol–water partition coefficient (Wildman–Crippen LogP) is 4.28. The molecule has 1 aromatic rings. The van der Waals surface area contributed by atoms with Crippen LogP contribution in [0.3, 0.4) is 0 Å². The van der Waals surface area contributed by atoms with Gasteiger partial charge in [-0.2, -0.15) is 0 Å². The van der Waals surface area contributed by atoms with E-state index in [9.17, 15) is 0 Å². The molecule has 0 aliphatic heterocycles. The summed E-state index contributed by atoms with van der Waals surface area (Å²) in [5.41, 5.74) is 1.16. The van der Waals surface area contributed by atoms with E-state index < -0.39 is 0 Å². The van der Waals surface area contributed by atoms with Crippen LogP contribution >= 0.6 is 0 Å². The lowest BCUT2D eigenvalue weighted by Crippen LogP contribution is -2.30. The molecule has 2 saturated carbocycles. The molecule has 20 heavy (non-hydrogen) atoms. The van der Waals surface area contributed by atoms with Crippen LogP contribution in [0.2, 0.25) is 0 Å². The van der Waals surface area contributed by atoms with Crippen molar-refractivity contribution in [3.63, 3.8) is 0 Å². The third-order valence-corrected chi connectivity index (χ3v) is 4.77. The average Bonchev–Trinajstić information content (AvgIpc) is 2.34. The number of hydrogen-bond donors (Lipinski definition) is 2. The highest BCUT2D eigenvalue weighted by atomic mass is 15.0. The fourth-order valence-electron chi connectivity index (χ4n) is 3.63. The molecular formula is C17H27N3. The molecule has 1 aromatic heterocycles. The maximum atomic E-state index is 4.53. The van der Waals surface area contributed by atoms with Crippen molar-refractivity contribution in [2.75, 3.05) is 10.6 Å². The largest absolute Gasteiger partial charge is 0.381 e. The van der Waals surface area contributed by atoms with Crippen molar-refractivity contribution in [1.82, 2.24) is 4.98 Å². The van der Waals surface area contributed by atoms with Gasteiger partial charge in [-0.3, -0.25) is 0 Å². The van der Waals surface area contributed by atoms with Crippen molar-refractivity contribution in [1.29, 1.82) is 0 Å². The Labute approximate surface area is 122 Å². The smallest absolute Gasteiger partial charge is 0.126 e. The Morgan fingerprint density at radius 2 is 1.70 bits per heavy atom. The van der Waals surface area contributed by atoms with Crippen LogP contribution in [0.15, 0.2) is 18.3 Å². The van der Waals surface area contributed by atoms with E-state index in [1.807, 2.05) is 6.20 Å². The van der Waals surface area contributed by atoms with E-state index in [2.05, 4.69) is 41.6 Å². The minimum absolute atomic E-state index is 0.612. The fraction of sp³-hybridized carbons (Fsp3) is 0.706. The van der Waals surface area contributed by atoms with Crippen molar-refractivity contribution in [3.05, 3.63) is 18.3 Å². The molecule has 3 rings (SSSR count). The van der Waals surface area contributed by atoms with Gasteiger partial charge in [0.25, 0.3) is 0 Å². The highest BCUT2D eigenvalue weighted by molar-refractivity contribution is 5.48. The SMILES string of the molecule is CC1CC(C)CC(Nc2ccc(NC3CCC3)nc2)C1. The van der Waals surface area contributed by atoms with Crippen molar-refractivity contribution in [2.45, 2.75) is 64.5 Å². The third-order valence-electron chi connectivity index (χ3n) is 4.77. The Bertz CT molecular complexity index is 414. The fourth-order valence-corrected chi connectivity index (χ4v) is 3.63. The van der Waals surface area contributed by atoms with Crippen LogP contribution in [0, 0.1) is 11.8 Å². The molecule has 0 amide bonds. The number of nitrogens with one attached hydrogen (secondary N) is 2. The van der Waals surface area contributed by atoms with Gasteiger partial charge < -0.3 is 10.6 Å². The Morgan fingerprint density at radius 3 is 2.25 bits per heavy atom. The number of rotatable bonds is 4. The van der Waals surface area contributed by atoms with Crippen LogP contribution in [0.4, 0.5) is 11.5 Å². The standard InChI is InChI=1S/C17H27N3/c1-12-8-13(2)10-16(9-12)19-15-6-7-17(18-11-15)20-14-4-3-5-14/h6-7,11-14,16,19H,3-5,8-10H2,1-2H3,(H,18,20). The summed E-state index contributed by atoms with van der Waals surface area (Å²) < 4.78 is 0. The lowest BCUT2D eigenvalue weighted by molar-refractivity contribution is 0.281. The molecular weight excluding hydrogens is 246 g/mol. The second-order valence-electron chi connectivity index (χ2n) is 6.96. The minimum atomic E-state index is 0.612. The summed E-state index contributed by atoms with van der Waals surface area (Å²) in [5.74, 6) is 2.69. The highest BCUT2D eigenvalue weighted by Gasteiger charge is 2.23. The Kier molecular flexibility index (Phi) is 4.13. The lowest BCUT2D eigenvalue weighted by atomic mass is 9.80. The van der Waals surface area contributed by atoms with Crippen LogP contribution in [-0.2, 0) is 0 Å². The van der Waals surface area contributed by atoms with Crippen LogP contribution in [0.1, 0.15) is 52.4 Å². The summed E-state index contributed by atoms with van der Waals surface area (Å²) in [6.45, 7) is 4.74. The zero-order valence-corrected chi connectivity index (χ0v) is 12.7. The van der Waals surface area contributed by atoms with E-state index in [1.54, 1.807) is 0 Å². The maximum absolute atomic E-state index is 4.53. The lowest BCUT2D eigenvalue weighted by Gasteiger charge is -2.32. The van der Waals surface area contributed by atoms with Gasteiger partial charge in [0.15, 0.2) is 0 Å². The average molecular weight is 273 g/mol. The molecule has 1 heterocycles. The van der Waals surface area contributed by atoms with Crippen LogP contribution in [-0.4, -0.2) is 17.1 Å². The van der Waals surface area contributed by atoms with Gasteiger partial charge in [-0.15, -0.1) is 0 Å². The van der Waals surface area contributed by atoms with Gasteiger partial charge in [0.1, 0.15) is 5.82 Å². The summed E-state index contributed by atoms with van der Waals surface area (Å²) in [4.78, 5) is 4.53. The van der Waals surface area contributed by atoms with E-state index >= 15 is 0 Å². The van der Waals surface area contributed by atoms with E-state index in [0.717, 1.165) is 23.3 Å². The van der Waals surface area contributed by atoms with E-state index in [4.69, 9.17) is 0 Å². The summed E-state index contributed by atoms with van der Waals surface area (Å²) in [5, 5.41) is 7.14. The second-order valence-corrected chi connectivity index (χ2v) is 6.96. The first-order valence-corrected chi connectivity index (χ1v) is 8.18. The Balaban J connectivity index is 1.54. The maximum Gasteiger partial charge on any atom is 0.126 e. The normalized spacial score (nSPS) is 30.6. The van der Waals surface area contributed by atoms with Gasteiger partial charge in [0.05, 0.1) is 11.9 Å². The van der Waals surface area contributed by atoms with Crippen LogP contribution in [0.25, 0.3) is 0 Å². The summed E-state index contributed by atoms with van der Waals surface area (Å²) >= 11 is 0. The zero-order chi connectivity index (χ0) is 13.9. The molecule has 0 spiro atoms. The van der Waals surface area contributed by atoms with Gasteiger partial charge in [0.2, 0.25) is 0 Å². The monoisotopic (exact) mass is 273 g/mol. The van der Waals surface area contributed by atoms with Crippen LogP contribution in [0.5, 0.6) is 0 Å². The van der Waals surface area contributed by atoms with Gasteiger partial charge in [-0.05, 0) is 62.5 Å². The summed E-state index contributed by atoms with van der Waals surface area (Å²) in [6, 6.07) is 5.54. The molecule has 0 bridgehead atoms. The molecule has 0 aromatic carbocycles. The number of pyridine rings is 1. The molecule has 2 N–H and O–H groups in total. The highest BCUT2D eigenvalue weighted by Crippen LogP contribution is 2.30. The molecule has 3 nitrogen and oxygen atoms in total. The van der Waals surface area contributed by atoms with Crippen molar-refractivity contribution < 1.29 is 0 Å². The number of anilines is 2. The zero-order valence-electron chi connectivity index (χ0n) is 12.7. The molecule has 2 aliphatic carbocycles. The van der Waals surface area contributed by atoms with E-state index in [0.29, 0.717) is 12.1 Å². The Morgan fingerprint density at radius 1 is 0.950 bits per heavy atom. The first-order chi connectivity index (χ1) is 9.69. The van der Waals surface area contributed by atoms with Crippen molar-refractivity contribution in [2.24, 2.45) is 11.8 Å². The molecule has 2 unspecified atom stereocenters. The molecule has 2 aliphatic rings. The van der Waals surface area contributed by atoms with Crippen molar-refractivity contribution in [3.8, 4) is 0 Å². The molecule has 3 heteroatoms. The number of hydrogen-bond acceptors (Lipinski definition) is 3.